The van der Waals surface area contributed by atoms with Crippen molar-refractivity contribution in [1.82, 2.24) is 10.6 Å². The quantitative estimate of drug-likeness (QED) is 0.0622. The molecule has 0 radical (unpaired) electrons. The third kappa shape index (κ3) is 10.2. The molecule has 18 atom stereocenters. The molecule has 4 fully saturated rings. The van der Waals surface area contributed by atoms with Crippen LogP contribution in [0.4, 0.5) is 0 Å². The summed E-state index contributed by atoms with van der Waals surface area (Å²) in [6.07, 6.45) is -13.8. The van der Waals surface area contributed by atoms with Gasteiger partial charge < -0.3 is 104 Å². The predicted octanol–water partition coefficient (Wildman–Crippen LogP) is -7.91. The Kier molecular flexibility index (Phi) is 16.2. The monoisotopic (exact) mass is 712 g/mol. The van der Waals surface area contributed by atoms with Crippen LogP contribution in [0.3, 0.4) is 0 Å². The average Bonchev–Trinajstić information content (AvgIpc) is 3.39. The molecule has 1 aliphatic carbocycles. The first-order valence-corrected chi connectivity index (χ1v) is 17.2. The number of rotatable bonds is 17. The molecule has 20 heteroatoms. The van der Waals surface area contributed by atoms with Gasteiger partial charge in [-0.05, 0) is 38.8 Å². The first kappa shape index (κ1) is 41.0. The molecule has 49 heavy (non-hydrogen) atoms. The Morgan fingerprint density at radius 1 is 0.755 bits per heavy atom. The van der Waals surface area contributed by atoms with Gasteiger partial charge in [-0.25, -0.2) is 0 Å². The van der Waals surface area contributed by atoms with E-state index >= 15 is 0 Å². The van der Waals surface area contributed by atoms with E-state index in [1.807, 2.05) is 0 Å². The molecule has 3 saturated heterocycles. The molecule has 0 aromatic carbocycles. The predicted molar refractivity (Wildman–Crippen MR) is 172 cm³/mol. The lowest BCUT2D eigenvalue weighted by atomic mass is 9.83. The molecule has 20 nitrogen and oxygen atoms in total. The summed E-state index contributed by atoms with van der Waals surface area (Å²) in [7, 11) is 0. The maximum atomic E-state index is 11.6. The Morgan fingerprint density at radius 2 is 1.45 bits per heavy atom. The highest BCUT2D eigenvalue weighted by molar-refractivity contribution is 5.02. The topological polar surface area (TPSA) is 357 Å². The number of ether oxygens (including phenoxy) is 6. The number of hydrogen-bond donors (Lipinski definition) is 14. The molecule has 0 spiro atoms. The number of nitrogens with two attached hydrogens (primary N) is 6. The van der Waals surface area contributed by atoms with Gasteiger partial charge in [-0.3, -0.25) is 0 Å². The van der Waals surface area contributed by atoms with E-state index in [-0.39, 0.29) is 32.2 Å². The zero-order chi connectivity index (χ0) is 35.8. The van der Waals surface area contributed by atoms with Gasteiger partial charge in [0.05, 0.1) is 37.0 Å². The lowest BCUT2D eigenvalue weighted by Crippen LogP contribution is -2.66. The zero-order valence-corrected chi connectivity index (χ0v) is 27.8. The minimum Gasteiger partial charge on any atom is -0.394 e. The van der Waals surface area contributed by atoms with E-state index in [2.05, 4.69) is 10.6 Å². The summed E-state index contributed by atoms with van der Waals surface area (Å²) in [6.45, 7) is 1.15. The van der Waals surface area contributed by atoms with Crippen LogP contribution in [0.25, 0.3) is 0 Å². The lowest BCUT2D eigenvalue weighted by Gasteiger charge is -2.47. The van der Waals surface area contributed by atoms with Crippen LogP contribution in [0.2, 0.25) is 0 Å². The molecule has 0 aromatic heterocycles. The fourth-order valence-corrected chi connectivity index (χ4v) is 6.66. The molecule has 3 aliphatic heterocycles. The Balaban J connectivity index is 1.50. The van der Waals surface area contributed by atoms with Crippen LogP contribution in [-0.4, -0.2) is 187 Å². The Hall–Kier alpha value is -0.800. The van der Waals surface area contributed by atoms with Gasteiger partial charge in [-0.15, -0.1) is 0 Å². The molecule has 20 N–H and O–H groups in total. The van der Waals surface area contributed by atoms with E-state index < -0.39 is 111 Å². The van der Waals surface area contributed by atoms with E-state index in [0.717, 1.165) is 13.0 Å². The number of aliphatic hydroxyl groups excluding tert-OH is 6. The van der Waals surface area contributed by atoms with Gasteiger partial charge in [0.2, 0.25) is 0 Å². The van der Waals surface area contributed by atoms with Crippen molar-refractivity contribution in [2.45, 2.75) is 136 Å². The van der Waals surface area contributed by atoms with Crippen molar-refractivity contribution >= 4 is 0 Å². The highest BCUT2D eigenvalue weighted by atomic mass is 16.8. The normalized spacial score (nSPS) is 45.4. The highest BCUT2D eigenvalue weighted by Crippen LogP contribution is 2.34. The molecule has 0 aromatic rings. The fraction of sp³-hybridized carbons (Fsp3) is 1.00. The molecule has 0 amide bonds. The second-order valence-electron chi connectivity index (χ2n) is 13.4. The van der Waals surface area contributed by atoms with Crippen LogP contribution in [0, 0.1) is 0 Å². The first-order valence-electron chi connectivity index (χ1n) is 17.2. The molecule has 1 saturated carbocycles. The van der Waals surface area contributed by atoms with Crippen molar-refractivity contribution in [2.75, 3.05) is 45.9 Å². The molecule has 288 valence electrons. The van der Waals surface area contributed by atoms with Crippen molar-refractivity contribution in [1.29, 1.82) is 0 Å². The van der Waals surface area contributed by atoms with Crippen molar-refractivity contribution < 1.29 is 59.1 Å². The van der Waals surface area contributed by atoms with Crippen molar-refractivity contribution in [3.63, 3.8) is 0 Å². The van der Waals surface area contributed by atoms with Gasteiger partial charge in [-0.2, -0.15) is 0 Å². The number of hydrogen-bond acceptors (Lipinski definition) is 20. The Labute approximate surface area is 286 Å². The van der Waals surface area contributed by atoms with Crippen molar-refractivity contribution in [3.8, 4) is 0 Å². The summed E-state index contributed by atoms with van der Waals surface area (Å²) in [6, 6.07) is -3.16. The van der Waals surface area contributed by atoms with E-state index in [4.69, 9.17) is 62.8 Å². The van der Waals surface area contributed by atoms with E-state index in [1.54, 1.807) is 0 Å². The number of nitrogens with one attached hydrogen (secondary N) is 2. The largest absolute Gasteiger partial charge is 0.394 e. The minimum absolute atomic E-state index is 0.00485. The molecule has 4 aliphatic rings. The summed E-state index contributed by atoms with van der Waals surface area (Å²) in [5, 5.41) is 70.2. The smallest absolute Gasteiger partial charge is 0.187 e. The maximum Gasteiger partial charge on any atom is 0.187 e. The summed E-state index contributed by atoms with van der Waals surface area (Å²) in [4.78, 5) is 0. The average molecular weight is 713 g/mol. The summed E-state index contributed by atoms with van der Waals surface area (Å²) >= 11 is 0. The van der Waals surface area contributed by atoms with Crippen LogP contribution in [0.15, 0.2) is 0 Å². The maximum absolute atomic E-state index is 11.6. The van der Waals surface area contributed by atoms with Gasteiger partial charge in [0.25, 0.3) is 0 Å². The van der Waals surface area contributed by atoms with Gasteiger partial charge >= 0.3 is 0 Å². The van der Waals surface area contributed by atoms with Gasteiger partial charge in [0, 0.05) is 38.3 Å². The second-order valence-corrected chi connectivity index (χ2v) is 13.4. The zero-order valence-electron chi connectivity index (χ0n) is 27.8. The van der Waals surface area contributed by atoms with Crippen LogP contribution in [0.1, 0.15) is 25.7 Å². The van der Waals surface area contributed by atoms with Crippen LogP contribution < -0.4 is 45.0 Å². The van der Waals surface area contributed by atoms with Crippen molar-refractivity contribution in [2.24, 2.45) is 34.4 Å². The summed E-state index contributed by atoms with van der Waals surface area (Å²) < 4.78 is 36.2. The van der Waals surface area contributed by atoms with Gasteiger partial charge in [0.1, 0.15) is 48.8 Å². The Morgan fingerprint density at radius 3 is 2.12 bits per heavy atom. The fourth-order valence-electron chi connectivity index (χ4n) is 6.66. The molecule has 1 unspecified atom stereocenters. The summed E-state index contributed by atoms with van der Waals surface area (Å²) in [5.41, 5.74) is 35.9. The summed E-state index contributed by atoms with van der Waals surface area (Å²) in [5.74, 6) is 0. The molecule has 4 rings (SSSR count). The van der Waals surface area contributed by atoms with E-state index in [0.29, 0.717) is 25.9 Å². The second kappa shape index (κ2) is 19.3. The molecule has 0 bridgehead atoms. The van der Waals surface area contributed by atoms with Crippen LogP contribution in [0.5, 0.6) is 0 Å². The standard InChI is InChI=1S/C29H60N8O12/c30-4-1-5-36-10-13-2-3-14(33)27(44-13)47-24-15(34)6-16(37-9-12(39)7-31)20(40)26(24)49-29-23(43)25(18(11-38)46-29)48-28-19(35)22(42)21(41)17(8-32)45-28/h12-29,36-43H,1-11,30-35H2/t12?,13-,14+,15-,16+,17-,18+,19+,20-,21+,22+,23+,24+,25+,26+,27+,28+,29-/m0/s1. The molecular weight excluding hydrogens is 652 g/mol. The van der Waals surface area contributed by atoms with Gasteiger partial charge in [0.15, 0.2) is 18.9 Å². The molecular formula is C29H60N8O12. The minimum atomic E-state index is -1.57. The van der Waals surface area contributed by atoms with Crippen LogP contribution >= 0.6 is 0 Å². The highest BCUT2D eigenvalue weighted by Gasteiger charge is 2.54. The van der Waals surface area contributed by atoms with E-state index in [1.165, 1.54) is 0 Å². The van der Waals surface area contributed by atoms with Crippen molar-refractivity contribution in [3.05, 3.63) is 0 Å². The third-order valence-corrected chi connectivity index (χ3v) is 9.66. The lowest BCUT2D eigenvalue weighted by molar-refractivity contribution is -0.290. The first-order chi connectivity index (χ1) is 23.4. The van der Waals surface area contributed by atoms with Crippen LogP contribution in [-0.2, 0) is 28.4 Å². The molecule has 3 heterocycles. The Bertz CT molecular complexity index is 969. The number of aliphatic hydroxyl groups is 6. The van der Waals surface area contributed by atoms with Gasteiger partial charge in [-0.1, -0.05) is 0 Å². The third-order valence-electron chi connectivity index (χ3n) is 9.66. The van der Waals surface area contributed by atoms with E-state index in [9.17, 15) is 30.6 Å². The SMILES string of the molecule is NCCCNC[C@@H]1CC[C@@H](N)[C@@H](O[C@H]2[C@H](O[C@@H]3O[C@H](CO)[C@@H](O[C@H]4O[C@@H](CN)[C@@H](O)[C@H](O)[C@H]4N)[C@H]3O)[C@@H](O)[C@H](NCC(O)CN)C[C@@H]2N)O1.